The molecule has 1 aliphatic rings. The smallest absolute Gasteiger partial charge is 0.283 e. The van der Waals surface area contributed by atoms with Gasteiger partial charge in [0.15, 0.2) is 0 Å². The number of hydrogen-bond acceptors (Lipinski definition) is 5. The molecule has 0 amide bonds. The molecular weight excluding hydrogens is 302 g/mol. The van der Waals surface area contributed by atoms with Crippen molar-refractivity contribution in [1.29, 1.82) is 0 Å². The quantitative estimate of drug-likeness (QED) is 0.782. The average Bonchev–Trinajstić information content (AvgIpc) is 2.90. The van der Waals surface area contributed by atoms with Crippen molar-refractivity contribution < 1.29 is 13.0 Å². The summed E-state index contributed by atoms with van der Waals surface area (Å²) in [6.07, 6.45) is 6.87. The van der Waals surface area contributed by atoms with Crippen LogP contribution in [0.3, 0.4) is 0 Å². The molecule has 22 heavy (non-hydrogen) atoms. The highest BCUT2D eigenvalue weighted by atomic mass is 32.2. The van der Waals surface area contributed by atoms with Gasteiger partial charge in [0.25, 0.3) is 10.1 Å². The predicted molar refractivity (Wildman–Crippen MR) is 89.9 cm³/mol. The second-order valence-corrected chi connectivity index (χ2v) is 6.58. The Balaban J connectivity index is 0.000000224. The fourth-order valence-corrected chi connectivity index (χ4v) is 2.17. The Morgan fingerprint density at radius 1 is 1.23 bits per heavy atom. The number of anilines is 1. The second-order valence-electron chi connectivity index (χ2n) is 5.13. The molecule has 2 N–H and O–H groups in total. The van der Waals surface area contributed by atoms with Gasteiger partial charge >= 0.3 is 0 Å². The van der Waals surface area contributed by atoms with Crippen molar-refractivity contribution in [2.24, 2.45) is 0 Å². The minimum atomic E-state index is -3.93. The Labute approximate surface area is 133 Å². The van der Waals surface area contributed by atoms with Gasteiger partial charge in [-0.15, -0.1) is 0 Å². The van der Waals surface area contributed by atoms with Crippen molar-refractivity contribution in [2.45, 2.75) is 19.8 Å². The molecule has 0 fully saturated rings. The lowest BCUT2D eigenvalue weighted by Crippen LogP contribution is -2.23. The molecule has 1 aliphatic heterocycles. The van der Waals surface area contributed by atoms with Crippen LogP contribution in [0.5, 0.6) is 0 Å². The van der Waals surface area contributed by atoms with Crippen LogP contribution in [0.4, 0.5) is 5.69 Å². The van der Waals surface area contributed by atoms with E-state index in [1.807, 2.05) is 6.07 Å². The molecule has 1 aromatic rings. The van der Waals surface area contributed by atoms with Gasteiger partial charge in [0.1, 0.15) is 5.88 Å². The molecule has 1 aromatic carbocycles. The van der Waals surface area contributed by atoms with Crippen LogP contribution >= 0.6 is 0 Å². The predicted octanol–water partition coefficient (Wildman–Crippen LogP) is 2.41. The molecule has 0 bridgehead atoms. The van der Waals surface area contributed by atoms with Crippen LogP contribution in [0.2, 0.25) is 0 Å². The van der Waals surface area contributed by atoms with Gasteiger partial charge in [-0.05, 0) is 18.6 Å². The second kappa shape index (κ2) is 9.32. The molecule has 124 valence electrons. The van der Waals surface area contributed by atoms with Crippen LogP contribution in [-0.4, -0.2) is 48.9 Å². The van der Waals surface area contributed by atoms with Crippen molar-refractivity contribution >= 4 is 15.8 Å². The molecule has 6 nitrogen and oxygen atoms in total. The van der Waals surface area contributed by atoms with Crippen molar-refractivity contribution in [3.8, 4) is 0 Å². The zero-order valence-corrected chi connectivity index (χ0v) is 14.0. The molecule has 0 saturated heterocycles. The fraction of sp³-hybridized carbons (Fsp3) is 0.467. The first-order chi connectivity index (χ1) is 10.4. The molecule has 0 radical (unpaired) electrons. The molecule has 0 saturated carbocycles. The van der Waals surface area contributed by atoms with Gasteiger partial charge in [0.2, 0.25) is 0 Å². The SMILES string of the molecule is CCCCN1C=CN(C)C1.O=S(=O)(O)CNc1ccccc1. The van der Waals surface area contributed by atoms with Crippen LogP contribution in [0, 0.1) is 0 Å². The highest BCUT2D eigenvalue weighted by Gasteiger charge is 2.05. The standard InChI is InChI=1S/C8H16N2.C7H9NO3S/c1-3-4-5-10-7-6-9(2)8-10;9-12(10,11)6-8-7-4-2-1-3-5-7/h6-7H,3-5,8H2,1-2H3;1-5,8H,6H2,(H,9,10,11). The van der Waals surface area contributed by atoms with E-state index in [0.717, 1.165) is 6.67 Å². The summed E-state index contributed by atoms with van der Waals surface area (Å²) in [6.45, 7) is 4.50. The van der Waals surface area contributed by atoms with Crippen molar-refractivity contribution in [2.75, 3.05) is 31.5 Å². The largest absolute Gasteiger partial charge is 0.370 e. The van der Waals surface area contributed by atoms with E-state index in [1.165, 1.54) is 19.4 Å². The third-order valence-corrected chi connectivity index (χ3v) is 3.48. The average molecular weight is 327 g/mol. The minimum absolute atomic E-state index is 0.461. The monoisotopic (exact) mass is 327 g/mol. The van der Waals surface area contributed by atoms with Gasteiger partial charge in [-0.1, -0.05) is 31.5 Å². The highest BCUT2D eigenvalue weighted by Crippen LogP contribution is 2.05. The topological polar surface area (TPSA) is 72.9 Å². The summed E-state index contributed by atoms with van der Waals surface area (Å²) in [5.74, 6) is -0.461. The highest BCUT2D eigenvalue weighted by molar-refractivity contribution is 7.85. The van der Waals surface area contributed by atoms with E-state index in [9.17, 15) is 8.42 Å². The van der Waals surface area contributed by atoms with E-state index >= 15 is 0 Å². The van der Waals surface area contributed by atoms with E-state index in [1.54, 1.807) is 24.3 Å². The molecule has 7 heteroatoms. The van der Waals surface area contributed by atoms with E-state index in [2.05, 4.69) is 41.5 Å². The van der Waals surface area contributed by atoms with E-state index in [0.29, 0.717) is 5.69 Å². The molecule has 2 rings (SSSR count). The van der Waals surface area contributed by atoms with E-state index in [4.69, 9.17) is 4.55 Å². The van der Waals surface area contributed by atoms with Gasteiger partial charge < -0.3 is 15.1 Å². The zero-order valence-electron chi connectivity index (χ0n) is 13.1. The van der Waals surface area contributed by atoms with Crippen molar-refractivity contribution in [3.05, 3.63) is 42.7 Å². The normalized spacial score (nSPS) is 13.8. The Morgan fingerprint density at radius 2 is 1.91 bits per heavy atom. The lowest BCUT2D eigenvalue weighted by atomic mass is 10.3. The molecule has 0 atom stereocenters. The summed E-state index contributed by atoms with van der Waals surface area (Å²) < 4.78 is 29.0. The summed E-state index contributed by atoms with van der Waals surface area (Å²) in [5.41, 5.74) is 0.662. The number of rotatable bonds is 6. The third-order valence-electron chi connectivity index (χ3n) is 2.97. The van der Waals surface area contributed by atoms with Gasteiger partial charge in [-0.25, -0.2) is 0 Å². The maximum atomic E-state index is 10.3. The fourth-order valence-electron chi connectivity index (χ4n) is 1.83. The Morgan fingerprint density at radius 3 is 2.41 bits per heavy atom. The first kappa shape index (κ1) is 18.3. The Hall–Kier alpha value is -1.73. The van der Waals surface area contributed by atoms with Crippen molar-refractivity contribution in [3.63, 3.8) is 0 Å². The molecular formula is C15H25N3O3S. The van der Waals surface area contributed by atoms with Crippen LogP contribution in [0.15, 0.2) is 42.7 Å². The zero-order chi connectivity index (χ0) is 16.4. The van der Waals surface area contributed by atoms with E-state index < -0.39 is 16.0 Å². The van der Waals surface area contributed by atoms with Crippen LogP contribution in [-0.2, 0) is 10.1 Å². The number of para-hydroxylation sites is 1. The summed E-state index contributed by atoms with van der Waals surface area (Å²) in [7, 11) is -1.83. The van der Waals surface area contributed by atoms with Crippen LogP contribution in [0.1, 0.15) is 19.8 Å². The number of unbranched alkanes of at least 4 members (excludes halogenated alkanes) is 1. The molecule has 0 aromatic heterocycles. The summed E-state index contributed by atoms with van der Waals surface area (Å²) in [6, 6.07) is 8.79. The summed E-state index contributed by atoms with van der Waals surface area (Å²) in [4.78, 5) is 4.53. The first-order valence-electron chi connectivity index (χ1n) is 7.27. The molecule has 1 heterocycles. The van der Waals surface area contributed by atoms with E-state index in [-0.39, 0.29) is 0 Å². The van der Waals surface area contributed by atoms with Crippen LogP contribution in [0.25, 0.3) is 0 Å². The lowest BCUT2D eigenvalue weighted by Gasteiger charge is -2.17. The molecule has 0 spiro atoms. The van der Waals surface area contributed by atoms with Crippen molar-refractivity contribution in [1.82, 2.24) is 9.80 Å². The third kappa shape index (κ3) is 8.53. The number of nitrogens with one attached hydrogen (secondary N) is 1. The van der Waals surface area contributed by atoms with Crippen LogP contribution < -0.4 is 5.32 Å². The maximum Gasteiger partial charge on any atom is 0.283 e. The molecule has 0 unspecified atom stereocenters. The number of hydrogen-bond donors (Lipinski definition) is 2. The summed E-state index contributed by atoms with van der Waals surface area (Å²) in [5, 5.41) is 2.55. The van der Waals surface area contributed by atoms with Gasteiger partial charge in [0.05, 0.1) is 6.67 Å². The maximum absolute atomic E-state index is 10.3. The van der Waals surface area contributed by atoms with Gasteiger partial charge in [0, 0.05) is 31.7 Å². The Bertz CT molecular complexity index is 546. The molecule has 0 aliphatic carbocycles. The minimum Gasteiger partial charge on any atom is -0.370 e. The number of benzene rings is 1. The Kier molecular flexibility index (Phi) is 7.76. The lowest BCUT2D eigenvalue weighted by molar-refractivity contribution is 0.293. The first-order valence-corrected chi connectivity index (χ1v) is 8.88. The summed E-state index contributed by atoms with van der Waals surface area (Å²) >= 11 is 0. The van der Waals surface area contributed by atoms with Gasteiger partial charge in [-0.3, -0.25) is 4.55 Å². The number of nitrogens with zero attached hydrogens (tertiary/aromatic N) is 2. The van der Waals surface area contributed by atoms with Gasteiger partial charge in [-0.2, -0.15) is 8.42 Å².